The quantitative estimate of drug-likeness (QED) is 0.568. The van der Waals surface area contributed by atoms with Gasteiger partial charge in [0.2, 0.25) is 0 Å². The van der Waals surface area contributed by atoms with E-state index in [2.05, 4.69) is 66.4 Å². The number of aromatic nitrogens is 2. The smallest absolute Gasteiger partial charge is 0.140 e. The summed E-state index contributed by atoms with van der Waals surface area (Å²) in [5.41, 5.74) is 3.73. The van der Waals surface area contributed by atoms with Gasteiger partial charge in [0.1, 0.15) is 17.4 Å². The molecule has 0 N–H and O–H groups in total. The molecule has 5 rings (SSSR count). The lowest BCUT2D eigenvalue weighted by Gasteiger charge is -2.34. The van der Waals surface area contributed by atoms with Crippen LogP contribution in [0.1, 0.15) is 54.5 Å². The number of ether oxygens (including phenoxy) is 1. The first-order valence-electron chi connectivity index (χ1n) is 11.5. The number of fused-ring (bicyclic) bond motifs is 1. The molecule has 0 amide bonds. The topological polar surface area (TPSA) is 41.5 Å². The zero-order chi connectivity index (χ0) is 21.4. The molecular weight excluding hydrogens is 384 g/mol. The van der Waals surface area contributed by atoms with Crippen LogP contribution in [0, 0.1) is 0 Å². The first-order chi connectivity index (χ1) is 15.1. The van der Waals surface area contributed by atoms with E-state index in [1.54, 1.807) is 7.11 Å². The fourth-order valence-corrected chi connectivity index (χ4v) is 4.81. The van der Waals surface area contributed by atoms with Crippen LogP contribution in [-0.4, -0.2) is 49.2 Å². The number of hydrogen-bond donors (Lipinski definition) is 0. The first kappa shape index (κ1) is 20.3. The van der Waals surface area contributed by atoms with Crippen molar-refractivity contribution in [1.29, 1.82) is 0 Å². The van der Waals surface area contributed by atoms with Gasteiger partial charge >= 0.3 is 0 Å². The Hall–Kier alpha value is -2.66. The lowest BCUT2D eigenvalue weighted by molar-refractivity contribution is 0.397. The number of hydrogen-bond acceptors (Lipinski definition) is 5. The molecule has 1 aliphatic heterocycles. The maximum atomic E-state index is 5.62. The van der Waals surface area contributed by atoms with E-state index in [0.29, 0.717) is 11.8 Å². The van der Waals surface area contributed by atoms with E-state index in [-0.39, 0.29) is 0 Å². The second kappa shape index (κ2) is 8.46. The van der Waals surface area contributed by atoms with E-state index in [1.165, 1.54) is 29.4 Å². The highest BCUT2D eigenvalue weighted by Crippen LogP contribution is 2.41. The van der Waals surface area contributed by atoms with Gasteiger partial charge in [0.15, 0.2) is 0 Å². The number of rotatable bonds is 6. The Kier molecular flexibility index (Phi) is 5.53. The molecule has 162 valence electrons. The Balaban J connectivity index is 1.45. The molecule has 5 nitrogen and oxygen atoms in total. The second-order valence-corrected chi connectivity index (χ2v) is 9.27. The van der Waals surface area contributed by atoms with Crippen molar-refractivity contribution in [3.8, 4) is 5.75 Å². The Morgan fingerprint density at radius 1 is 0.968 bits per heavy atom. The Bertz CT molecular complexity index is 1070. The van der Waals surface area contributed by atoms with E-state index >= 15 is 0 Å². The maximum absolute atomic E-state index is 5.62. The molecule has 2 fully saturated rings. The summed E-state index contributed by atoms with van der Waals surface area (Å²) < 4.78 is 5.62. The SMILES string of the molecule is COc1ccccc1C1CCN(c2nc(C3CC3)nc3ccc(CN(C)C)cc23)CC1. The number of nitrogens with zero attached hydrogens (tertiary/aromatic N) is 4. The molecule has 2 aromatic carbocycles. The van der Waals surface area contributed by atoms with Gasteiger partial charge in [-0.1, -0.05) is 24.3 Å². The monoisotopic (exact) mass is 416 g/mol. The highest BCUT2D eigenvalue weighted by Gasteiger charge is 2.30. The largest absolute Gasteiger partial charge is 0.496 e. The third-order valence-corrected chi connectivity index (χ3v) is 6.57. The predicted octanol–water partition coefficient (Wildman–Crippen LogP) is 4.96. The Labute approximate surface area is 185 Å². The van der Waals surface area contributed by atoms with Crippen LogP contribution in [0.3, 0.4) is 0 Å². The summed E-state index contributed by atoms with van der Waals surface area (Å²) in [5, 5.41) is 1.19. The molecule has 3 aromatic rings. The van der Waals surface area contributed by atoms with Crippen LogP contribution in [0.4, 0.5) is 5.82 Å². The molecule has 0 atom stereocenters. The second-order valence-electron chi connectivity index (χ2n) is 9.27. The zero-order valence-corrected chi connectivity index (χ0v) is 18.8. The van der Waals surface area contributed by atoms with E-state index in [9.17, 15) is 0 Å². The lowest BCUT2D eigenvalue weighted by atomic mass is 9.88. The molecule has 1 saturated carbocycles. The average molecular weight is 417 g/mol. The van der Waals surface area contributed by atoms with Crippen LogP contribution in [0.25, 0.3) is 10.9 Å². The molecule has 1 saturated heterocycles. The van der Waals surface area contributed by atoms with Gasteiger partial charge in [-0.05, 0) is 75.0 Å². The molecule has 1 aliphatic carbocycles. The van der Waals surface area contributed by atoms with Crippen LogP contribution < -0.4 is 9.64 Å². The fraction of sp³-hybridized carbons (Fsp3) is 0.462. The summed E-state index contributed by atoms with van der Waals surface area (Å²) >= 11 is 0. The van der Waals surface area contributed by atoms with Crippen molar-refractivity contribution in [1.82, 2.24) is 14.9 Å². The molecule has 31 heavy (non-hydrogen) atoms. The fourth-order valence-electron chi connectivity index (χ4n) is 4.81. The molecule has 2 aliphatic rings. The van der Waals surface area contributed by atoms with E-state index in [4.69, 9.17) is 14.7 Å². The molecule has 0 bridgehead atoms. The highest BCUT2D eigenvalue weighted by molar-refractivity contribution is 5.90. The van der Waals surface area contributed by atoms with Gasteiger partial charge in [0, 0.05) is 30.9 Å². The highest BCUT2D eigenvalue weighted by atomic mass is 16.5. The van der Waals surface area contributed by atoms with Gasteiger partial charge in [-0.25, -0.2) is 9.97 Å². The normalized spacial score (nSPS) is 17.5. The molecular formula is C26H32N4O. The first-order valence-corrected chi connectivity index (χ1v) is 11.5. The van der Waals surface area contributed by atoms with Crippen molar-refractivity contribution in [2.45, 2.75) is 44.1 Å². The van der Waals surface area contributed by atoms with Crippen molar-refractivity contribution < 1.29 is 4.74 Å². The van der Waals surface area contributed by atoms with E-state index < -0.39 is 0 Å². The summed E-state index contributed by atoms with van der Waals surface area (Å²) in [6.45, 7) is 2.95. The summed E-state index contributed by atoms with van der Waals surface area (Å²) in [7, 11) is 5.99. The van der Waals surface area contributed by atoms with Crippen molar-refractivity contribution in [2.24, 2.45) is 0 Å². The Morgan fingerprint density at radius 3 is 2.45 bits per heavy atom. The summed E-state index contributed by atoms with van der Waals surface area (Å²) in [5.74, 6) is 4.27. The summed E-state index contributed by atoms with van der Waals surface area (Å²) in [6, 6.07) is 15.2. The van der Waals surface area contributed by atoms with Gasteiger partial charge in [-0.3, -0.25) is 0 Å². The molecule has 0 unspecified atom stereocenters. The van der Waals surface area contributed by atoms with Crippen LogP contribution in [0.5, 0.6) is 5.75 Å². The average Bonchev–Trinajstić information content (AvgIpc) is 3.64. The van der Waals surface area contributed by atoms with E-state index in [1.807, 2.05) is 0 Å². The number of anilines is 1. The van der Waals surface area contributed by atoms with Crippen molar-refractivity contribution >= 4 is 16.7 Å². The summed E-state index contributed by atoms with van der Waals surface area (Å²) in [4.78, 5) is 14.7. The van der Waals surface area contributed by atoms with Crippen molar-refractivity contribution in [2.75, 3.05) is 39.2 Å². The Morgan fingerprint density at radius 2 is 1.74 bits per heavy atom. The minimum absolute atomic E-state index is 0.535. The van der Waals surface area contributed by atoms with Crippen molar-refractivity contribution in [3.63, 3.8) is 0 Å². The minimum Gasteiger partial charge on any atom is -0.496 e. The van der Waals surface area contributed by atoms with Gasteiger partial charge < -0.3 is 14.5 Å². The van der Waals surface area contributed by atoms with Gasteiger partial charge in [-0.15, -0.1) is 0 Å². The van der Waals surface area contributed by atoms with Crippen molar-refractivity contribution in [3.05, 3.63) is 59.4 Å². The third-order valence-electron chi connectivity index (χ3n) is 6.57. The third kappa shape index (κ3) is 4.24. The van der Waals surface area contributed by atoms with Gasteiger partial charge in [-0.2, -0.15) is 0 Å². The van der Waals surface area contributed by atoms with E-state index in [0.717, 1.165) is 55.4 Å². The van der Waals surface area contributed by atoms with Gasteiger partial charge in [0.25, 0.3) is 0 Å². The number of methoxy groups -OCH3 is 1. The maximum Gasteiger partial charge on any atom is 0.140 e. The standard InChI is InChI=1S/C26H32N4O/c1-29(2)17-18-8-11-23-22(16-18)26(28-25(27-23)20-9-10-20)30-14-12-19(13-15-30)21-6-4-5-7-24(21)31-3/h4-8,11,16,19-20H,9-10,12-15,17H2,1-3H3. The van der Waals surface area contributed by atoms with Crippen LogP contribution in [0.15, 0.2) is 42.5 Å². The zero-order valence-electron chi connectivity index (χ0n) is 18.8. The molecule has 0 radical (unpaired) electrons. The molecule has 1 aromatic heterocycles. The van der Waals surface area contributed by atoms with Crippen LogP contribution in [0.2, 0.25) is 0 Å². The number of benzene rings is 2. The summed E-state index contributed by atoms with van der Waals surface area (Å²) in [6.07, 6.45) is 4.67. The molecule has 2 heterocycles. The predicted molar refractivity (Wildman–Crippen MR) is 126 cm³/mol. The lowest BCUT2D eigenvalue weighted by Crippen LogP contribution is -2.34. The van der Waals surface area contributed by atoms with Gasteiger partial charge in [0.05, 0.1) is 12.6 Å². The van der Waals surface area contributed by atoms with Crippen LogP contribution in [-0.2, 0) is 6.54 Å². The molecule has 5 heteroatoms. The van der Waals surface area contributed by atoms with Crippen LogP contribution >= 0.6 is 0 Å². The minimum atomic E-state index is 0.535. The molecule has 0 spiro atoms. The number of para-hydroxylation sites is 1. The number of piperidine rings is 1.